The molecule has 0 aromatic heterocycles. The van der Waals surface area contributed by atoms with Crippen LogP contribution in [0.1, 0.15) is 45.6 Å². The van der Waals surface area contributed by atoms with Gasteiger partial charge in [0.25, 0.3) is 0 Å². The molecule has 1 amide bonds. The van der Waals surface area contributed by atoms with E-state index in [0.29, 0.717) is 5.92 Å². The second-order valence-corrected chi connectivity index (χ2v) is 8.99. The molecule has 2 atom stereocenters. The van der Waals surface area contributed by atoms with Crippen LogP contribution in [0, 0.1) is 0 Å². The van der Waals surface area contributed by atoms with Crippen molar-refractivity contribution in [2.24, 2.45) is 0 Å². The Bertz CT molecular complexity index is 664. The van der Waals surface area contributed by atoms with Crippen molar-refractivity contribution in [3.05, 3.63) is 29.8 Å². The van der Waals surface area contributed by atoms with Crippen LogP contribution in [0.2, 0.25) is 0 Å². The van der Waals surface area contributed by atoms with Crippen LogP contribution in [0.4, 0.5) is 5.69 Å². The molecule has 2 unspecified atom stereocenters. The number of nitrogens with zero attached hydrogens (tertiary/aromatic N) is 1. The van der Waals surface area contributed by atoms with Gasteiger partial charge in [0.05, 0.1) is 0 Å². The first-order chi connectivity index (χ1) is 9.55. The molecule has 1 aliphatic heterocycles. The van der Waals surface area contributed by atoms with Gasteiger partial charge in [0.2, 0.25) is 5.91 Å². The van der Waals surface area contributed by atoms with E-state index >= 15 is 0 Å². The lowest BCUT2D eigenvalue weighted by atomic mass is 9.80. The summed E-state index contributed by atoms with van der Waals surface area (Å²) in [7, 11) is -3.41. The van der Waals surface area contributed by atoms with Crippen molar-refractivity contribution in [1.29, 1.82) is 0 Å². The highest BCUT2D eigenvalue weighted by molar-refractivity contribution is 7.92. The molecular formula is C16H23NO3S. The van der Waals surface area contributed by atoms with Gasteiger partial charge in [0, 0.05) is 17.5 Å². The maximum atomic E-state index is 12.8. The molecule has 0 saturated carbocycles. The number of carbonyl (C=O) groups is 1. The predicted molar refractivity (Wildman–Crippen MR) is 85.3 cm³/mol. The van der Waals surface area contributed by atoms with Crippen LogP contribution >= 0.6 is 0 Å². The predicted octanol–water partition coefficient (Wildman–Crippen LogP) is 2.74. The standard InChI is InChI=1S/C16H23NO3S/c1-11-10-16(3,4)17(14-9-7-6-8-13(11)14)15(18)12(2)21(5,19)20/h6-9,11-12H,10H2,1-5H3. The van der Waals surface area contributed by atoms with Crippen LogP contribution in [0.3, 0.4) is 0 Å². The van der Waals surface area contributed by atoms with Crippen molar-refractivity contribution in [1.82, 2.24) is 0 Å². The number of amides is 1. The zero-order chi connectivity index (χ0) is 16.0. The molecule has 1 aromatic rings. The number of anilines is 1. The van der Waals surface area contributed by atoms with Crippen LogP contribution < -0.4 is 4.90 Å². The maximum Gasteiger partial charge on any atom is 0.245 e. The highest BCUT2D eigenvalue weighted by Gasteiger charge is 2.42. The zero-order valence-electron chi connectivity index (χ0n) is 13.3. The molecule has 116 valence electrons. The summed E-state index contributed by atoms with van der Waals surface area (Å²) >= 11 is 0. The monoisotopic (exact) mass is 309 g/mol. The molecule has 1 heterocycles. The highest BCUT2D eigenvalue weighted by atomic mass is 32.2. The molecule has 1 aromatic carbocycles. The lowest BCUT2D eigenvalue weighted by Gasteiger charge is -2.46. The molecule has 0 spiro atoms. The van der Waals surface area contributed by atoms with E-state index in [1.165, 1.54) is 6.92 Å². The fourth-order valence-corrected chi connectivity index (χ4v) is 3.64. The van der Waals surface area contributed by atoms with Gasteiger partial charge < -0.3 is 4.90 Å². The molecule has 5 heteroatoms. The van der Waals surface area contributed by atoms with Crippen molar-refractivity contribution in [3.63, 3.8) is 0 Å². The topological polar surface area (TPSA) is 54.5 Å². The summed E-state index contributed by atoms with van der Waals surface area (Å²) in [6.07, 6.45) is 1.92. The number of hydrogen-bond acceptors (Lipinski definition) is 3. The maximum absolute atomic E-state index is 12.8. The Hall–Kier alpha value is -1.36. The Labute approximate surface area is 127 Å². The number of hydrogen-bond donors (Lipinski definition) is 0. The molecule has 21 heavy (non-hydrogen) atoms. The third-order valence-corrected chi connectivity index (χ3v) is 5.82. The van der Waals surface area contributed by atoms with Gasteiger partial charge >= 0.3 is 0 Å². The molecule has 2 rings (SSSR count). The molecule has 4 nitrogen and oxygen atoms in total. The first-order valence-corrected chi connectivity index (χ1v) is 9.13. The number of sulfone groups is 1. The number of para-hydroxylation sites is 1. The van der Waals surface area contributed by atoms with Gasteiger partial charge in [-0.05, 0) is 44.7 Å². The van der Waals surface area contributed by atoms with Crippen molar-refractivity contribution >= 4 is 21.4 Å². The average Bonchev–Trinajstić information content (AvgIpc) is 2.35. The van der Waals surface area contributed by atoms with E-state index in [-0.39, 0.29) is 5.91 Å². The van der Waals surface area contributed by atoms with E-state index in [2.05, 4.69) is 6.92 Å². The SMILES string of the molecule is CC1CC(C)(C)N(C(=O)C(C)S(C)(=O)=O)c2ccccc21. The van der Waals surface area contributed by atoms with E-state index in [1.807, 2.05) is 38.1 Å². The normalized spacial score (nSPS) is 22.5. The lowest BCUT2D eigenvalue weighted by molar-refractivity contribution is -0.119. The third kappa shape index (κ3) is 2.84. The quantitative estimate of drug-likeness (QED) is 0.844. The largest absolute Gasteiger partial charge is 0.305 e. The summed E-state index contributed by atoms with van der Waals surface area (Å²) < 4.78 is 23.5. The van der Waals surface area contributed by atoms with Gasteiger partial charge in [-0.25, -0.2) is 8.42 Å². The van der Waals surface area contributed by atoms with Gasteiger partial charge in [-0.15, -0.1) is 0 Å². The fraction of sp³-hybridized carbons (Fsp3) is 0.562. The first kappa shape index (κ1) is 16.0. The lowest BCUT2D eigenvalue weighted by Crippen LogP contribution is -2.55. The van der Waals surface area contributed by atoms with Crippen molar-refractivity contribution in [3.8, 4) is 0 Å². The molecule has 0 saturated heterocycles. The van der Waals surface area contributed by atoms with E-state index in [9.17, 15) is 13.2 Å². The summed E-state index contributed by atoms with van der Waals surface area (Å²) in [4.78, 5) is 14.5. The van der Waals surface area contributed by atoms with Crippen LogP contribution in [-0.2, 0) is 14.6 Å². The van der Waals surface area contributed by atoms with Crippen molar-refractivity contribution < 1.29 is 13.2 Å². The summed E-state index contributed by atoms with van der Waals surface area (Å²) in [6.45, 7) is 7.59. The van der Waals surface area contributed by atoms with Gasteiger partial charge in [0.15, 0.2) is 9.84 Å². The van der Waals surface area contributed by atoms with Gasteiger partial charge in [-0.3, -0.25) is 4.79 Å². The van der Waals surface area contributed by atoms with Gasteiger partial charge in [-0.1, -0.05) is 25.1 Å². The molecular weight excluding hydrogens is 286 g/mol. The average molecular weight is 309 g/mol. The minimum absolute atomic E-state index is 0.341. The summed E-state index contributed by atoms with van der Waals surface area (Å²) in [6, 6.07) is 7.76. The Morgan fingerprint density at radius 1 is 1.33 bits per heavy atom. The van der Waals surface area contributed by atoms with Crippen LogP contribution in [0.15, 0.2) is 24.3 Å². The van der Waals surface area contributed by atoms with E-state index in [1.54, 1.807) is 4.90 Å². The molecule has 0 aliphatic carbocycles. The number of rotatable bonds is 2. The number of fused-ring (bicyclic) bond motifs is 1. The fourth-order valence-electron chi connectivity index (χ4n) is 3.17. The second kappa shape index (κ2) is 5.13. The van der Waals surface area contributed by atoms with Crippen LogP contribution in [0.5, 0.6) is 0 Å². The number of carbonyl (C=O) groups excluding carboxylic acids is 1. The minimum atomic E-state index is -3.41. The molecule has 0 bridgehead atoms. The Morgan fingerprint density at radius 2 is 1.90 bits per heavy atom. The molecule has 0 fully saturated rings. The highest BCUT2D eigenvalue weighted by Crippen LogP contribution is 2.43. The zero-order valence-corrected chi connectivity index (χ0v) is 14.1. The molecule has 0 N–H and O–H groups in total. The molecule has 1 aliphatic rings. The van der Waals surface area contributed by atoms with Crippen molar-refractivity contribution in [2.75, 3.05) is 11.2 Å². The molecule has 0 radical (unpaired) electrons. The van der Waals surface area contributed by atoms with Crippen LogP contribution in [0.25, 0.3) is 0 Å². The van der Waals surface area contributed by atoms with Gasteiger partial charge in [0.1, 0.15) is 5.25 Å². The Morgan fingerprint density at radius 3 is 2.48 bits per heavy atom. The Balaban J connectivity index is 2.55. The first-order valence-electron chi connectivity index (χ1n) is 7.17. The van der Waals surface area contributed by atoms with Gasteiger partial charge in [-0.2, -0.15) is 0 Å². The summed E-state index contributed by atoms with van der Waals surface area (Å²) in [5, 5.41) is -1.03. The van der Waals surface area contributed by atoms with Crippen molar-refractivity contribution in [2.45, 2.75) is 50.8 Å². The summed E-state index contributed by atoms with van der Waals surface area (Å²) in [5.41, 5.74) is 1.54. The van der Waals surface area contributed by atoms with E-state index in [0.717, 1.165) is 23.9 Å². The van der Waals surface area contributed by atoms with E-state index in [4.69, 9.17) is 0 Å². The smallest absolute Gasteiger partial charge is 0.245 e. The van der Waals surface area contributed by atoms with Crippen LogP contribution in [-0.4, -0.2) is 31.4 Å². The summed E-state index contributed by atoms with van der Waals surface area (Å²) in [5.74, 6) is -0.00404. The minimum Gasteiger partial charge on any atom is -0.305 e. The Kier molecular flexibility index (Phi) is 3.91. The van der Waals surface area contributed by atoms with E-state index < -0.39 is 20.6 Å². The number of benzene rings is 1. The second-order valence-electron chi connectivity index (χ2n) is 6.62. The third-order valence-electron chi connectivity index (χ3n) is 4.33.